The number of esters is 1. The normalized spacial score (nSPS) is 13.8. The van der Waals surface area contributed by atoms with Gasteiger partial charge in [0.2, 0.25) is 0 Å². The number of carbonyl (C=O) groups is 1. The minimum absolute atomic E-state index is 0.0132. The predicted octanol–water partition coefficient (Wildman–Crippen LogP) is 1.45. The van der Waals surface area contributed by atoms with Gasteiger partial charge in [0.25, 0.3) is 0 Å². The van der Waals surface area contributed by atoms with Crippen molar-refractivity contribution in [2.45, 2.75) is 39.0 Å². The maximum Gasteiger partial charge on any atom is 0.308 e. The van der Waals surface area contributed by atoms with Gasteiger partial charge in [0.15, 0.2) is 0 Å². The van der Waals surface area contributed by atoms with Gasteiger partial charge < -0.3 is 14.6 Å². The number of hydrogen-bond acceptors (Lipinski definition) is 5. The lowest BCUT2D eigenvalue weighted by Gasteiger charge is -2.19. The summed E-state index contributed by atoms with van der Waals surface area (Å²) >= 11 is 0. The molecule has 5 nitrogen and oxygen atoms in total. The van der Waals surface area contributed by atoms with Gasteiger partial charge in [-0.15, -0.1) is 0 Å². The van der Waals surface area contributed by atoms with Crippen LogP contribution in [0.4, 0.5) is 0 Å². The largest absolute Gasteiger partial charge is 0.466 e. The van der Waals surface area contributed by atoms with E-state index in [1.807, 2.05) is 30.3 Å². The molecule has 20 heavy (non-hydrogen) atoms. The molecule has 0 aliphatic heterocycles. The van der Waals surface area contributed by atoms with Crippen LogP contribution in [0.15, 0.2) is 30.3 Å². The average molecular weight is 281 g/mol. The third kappa shape index (κ3) is 6.65. The molecule has 0 saturated carbocycles. The second kappa shape index (κ2) is 9.47. The van der Waals surface area contributed by atoms with Gasteiger partial charge in [0.05, 0.1) is 32.5 Å². The van der Waals surface area contributed by atoms with E-state index < -0.39 is 6.10 Å². The van der Waals surface area contributed by atoms with E-state index in [0.29, 0.717) is 19.9 Å². The molecule has 2 unspecified atom stereocenters. The van der Waals surface area contributed by atoms with Crippen molar-refractivity contribution in [2.75, 3.05) is 13.3 Å². The Morgan fingerprint density at radius 3 is 2.70 bits per heavy atom. The van der Waals surface area contributed by atoms with Crippen LogP contribution < -0.4 is 5.32 Å². The van der Waals surface area contributed by atoms with Crippen molar-refractivity contribution < 1.29 is 19.4 Å². The van der Waals surface area contributed by atoms with Gasteiger partial charge in [-0.25, -0.2) is 0 Å². The zero-order valence-electron chi connectivity index (χ0n) is 12.0. The second-order valence-corrected chi connectivity index (χ2v) is 4.55. The highest BCUT2D eigenvalue weighted by molar-refractivity contribution is 5.69. The molecule has 0 amide bonds. The van der Waals surface area contributed by atoms with E-state index in [9.17, 15) is 9.90 Å². The van der Waals surface area contributed by atoms with Gasteiger partial charge >= 0.3 is 5.97 Å². The Kier molecular flexibility index (Phi) is 7.87. The third-order valence-corrected chi connectivity index (χ3v) is 2.88. The molecule has 0 fully saturated rings. The molecule has 0 aliphatic carbocycles. The van der Waals surface area contributed by atoms with E-state index in [-0.39, 0.29) is 18.4 Å². The number of hydrogen-bond donors (Lipinski definition) is 2. The number of rotatable bonds is 9. The van der Waals surface area contributed by atoms with Crippen LogP contribution in [0.25, 0.3) is 0 Å². The zero-order valence-corrected chi connectivity index (χ0v) is 12.0. The van der Waals surface area contributed by atoms with Crippen LogP contribution in [0.3, 0.4) is 0 Å². The van der Waals surface area contributed by atoms with Crippen LogP contribution in [0.2, 0.25) is 0 Å². The fourth-order valence-electron chi connectivity index (χ4n) is 1.64. The average Bonchev–Trinajstić information content (AvgIpc) is 2.44. The fraction of sp³-hybridized carbons (Fsp3) is 0.533. The minimum atomic E-state index is -0.783. The van der Waals surface area contributed by atoms with Crippen LogP contribution in [0, 0.1) is 0 Å². The highest BCUT2D eigenvalue weighted by Crippen LogP contribution is 2.02. The number of carbonyl (C=O) groups excluding carboxylic acids is 1. The third-order valence-electron chi connectivity index (χ3n) is 2.88. The molecule has 2 N–H and O–H groups in total. The zero-order chi connectivity index (χ0) is 14.8. The van der Waals surface area contributed by atoms with Gasteiger partial charge in [0, 0.05) is 6.04 Å². The molecule has 0 saturated heterocycles. The fourth-order valence-corrected chi connectivity index (χ4v) is 1.64. The van der Waals surface area contributed by atoms with Crippen LogP contribution in [-0.4, -0.2) is 36.6 Å². The molecular formula is C15H23NO4. The summed E-state index contributed by atoms with van der Waals surface area (Å²) in [4.78, 5) is 11.2. The molecule has 0 aliphatic rings. The molecule has 0 spiro atoms. The standard InChI is InChI=1S/C15H23NO4/c1-3-20-15(18)9-14(17)12(2)16-11-19-10-13-7-5-4-6-8-13/h4-8,12,14,16-17H,3,9-11H2,1-2H3. The number of benzene rings is 1. The van der Waals surface area contributed by atoms with E-state index in [2.05, 4.69) is 5.32 Å². The van der Waals surface area contributed by atoms with Crippen molar-refractivity contribution in [3.63, 3.8) is 0 Å². The molecule has 112 valence electrons. The quantitative estimate of drug-likeness (QED) is 0.407. The summed E-state index contributed by atoms with van der Waals surface area (Å²) in [6.07, 6.45) is -0.796. The molecule has 2 atom stereocenters. The minimum Gasteiger partial charge on any atom is -0.466 e. The molecule has 0 bridgehead atoms. The Morgan fingerprint density at radius 1 is 1.35 bits per heavy atom. The van der Waals surface area contributed by atoms with Crippen molar-refractivity contribution in [2.24, 2.45) is 0 Å². The van der Waals surface area contributed by atoms with E-state index >= 15 is 0 Å². The summed E-state index contributed by atoms with van der Waals surface area (Å²) in [6.45, 7) is 4.69. The first-order valence-electron chi connectivity index (χ1n) is 6.82. The summed E-state index contributed by atoms with van der Waals surface area (Å²) in [7, 11) is 0. The van der Waals surface area contributed by atoms with Crippen molar-refractivity contribution >= 4 is 5.97 Å². The Morgan fingerprint density at radius 2 is 2.05 bits per heavy atom. The lowest BCUT2D eigenvalue weighted by Crippen LogP contribution is -2.39. The number of ether oxygens (including phenoxy) is 2. The maximum absolute atomic E-state index is 11.2. The summed E-state index contributed by atoms with van der Waals surface area (Å²) in [5.74, 6) is -0.390. The Labute approximate surface area is 119 Å². The highest BCUT2D eigenvalue weighted by atomic mass is 16.5. The van der Waals surface area contributed by atoms with Gasteiger partial charge in [-0.3, -0.25) is 10.1 Å². The summed E-state index contributed by atoms with van der Waals surface area (Å²) in [5.41, 5.74) is 1.09. The van der Waals surface area contributed by atoms with E-state index in [0.717, 1.165) is 5.56 Å². The molecule has 0 heterocycles. The Bertz CT molecular complexity index is 383. The second-order valence-electron chi connectivity index (χ2n) is 4.55. The monoisotopic (exact) mass is 281 g/mol. The first-order valence-corrected chi connectivity index (χ1v) is 6.82. The van der Waals surface area contributed by atoms with Crippen LogP contribution in [0.5, 0.6) is 0 Å². The van der Waals surface area contributed by atoms with Crippen molar-refractivity contribution in [3.05, 3.63) is 35.9 Å². The summed E-state index contributed by atoms with van der Waals surface area (Å²) in [6, 6.07) is 9.60. The lowest BCUT2D eigenvalue weighted by molar-refractivity contribution is -0.145. The lowest BCUT2D eigenvalue weighted by atomic mass is 10.1. The van der Waals surface area contributed by atoms with Crippen molar-refractivity contribution in [1.29, 1.82) is 0 Å². The molecular weight excluding hydrogens is 258 g/mol. The first kappa shape index (κ1) is 16.6. The summed E-state index contributed by atoms with van der Waals surface area (Å²) in [5, 5.41) is 12.8. The Balaban J connectivity index is 2.16. The van der Waals surface area contributed by atoms with Gasteiger partial charge in [-0.1, -0.05) is 30.3 Å². The number of nitrogens with one attached hydrogen (secondary N) is 1. The number of aliphatic hydroxyl groups is 1. The molecule has 1 aromatic carbocycles. The van der Waals surface area contributed by atoms with Crippen LogP contribution >= 0.6 is 0 Å². The maximum atomic E-state index is 11.2. The Hall–Kier alpha value is -1.43. The number of aliphatic hydroxyl groups excluding tert-OH is 1. The predicted molar refractivity (Wildman–Crippen MR) is 76.0 cm³/mol. The van der Waals surface area contributed by atoms with Crippen LogP contribution in [-0.2, 0) is 20.9 Å². The van der Waals surface area contributed by atoms with E-state index in [4.69, 9.17) is 9.47 Å². The molecule has 0 aromatic heterocycles. The van der Waals surface area contributed by atoms with Crippen molar-refractivity contribution in [1.82, 2.24) is 5.32 Å². The molecule has 1 rings (SSSR count). The van der Waals surface area contributed by atoms with E-state index in [1.54, 1.807) is 13.8 Å². The highest BCUT2D eigenvalue weighted by Gasteiger charge is 2.18. The van der Waals surface area contributed by atoms with Gasteiger partial charge in [-0.05, 0) is 19.4 Å². The van der Waals surface area contributed by atoms with E-state index in [1.165, 1.54) is 0 Å². The van der Waals surface area contributed by atoms with Gasteiger partial charge in [0.1, 0.15) is 0 Å². The molecule has 5 heteroatoms. The van der Waals surface area contributed by atoms with Gasteiger partial charge in [-0.2, -0.15) is 0 Å². The first-order chi connectivity index (χ1) is 9.63. The van der Waals surface area contributed by atoms with Crippen LogP contribution in [0.1, 0.15) is 25.8 Å². The molecule has 0 radical (unpaired) electrons. The SMILES string of the molecule is CCOC(=O)CC(O)C(C)NCOCc1ccccc1. The topological polar surface area (TPSA) is 67.8 Å². The van der Waals surface area contributed by atoms with Crippen molar-refractivity contribution in [3.8, 4) is 0 Å². The summed E-state index contributed by atoms with van der Waals surface area (Å²) < 4.78 is 10.2. The molecule has 1 aromatic rings. The smallest absolute Gasteiger partial charge is 0.308 e.